The number of carbonyl (C=O) groups is 1. The number of methoxy groups -OCH3 is 1. The van der Waals surface area contributed by atoms with Crippen LogP contribution in [0.25, 0.3) is 0 Å². The molecule has 1 N–H and O–H groups in total. The number of ether oxygens (including phenoxy) is 1. The first-order valence-electron chi connectivity index (χ1n) is 7.22. The summed E-state index contributed by atoms with van der Waals surface area (Å²) < 4.78 is 5.38. The van der Waals surface area contributed by atoms with Crippen LogP contribution in [0.2, 0.25) is 0 Å². The van der Waals surface area contributed by atoms with Crippen LogP contribution in [0.15, 0.2) is 24.3 Å². The highest BCUT2D eigenvalue weighted by atomic mass is 16.5. The molecular formula is C16H21NO3. The molecule has 108 valence electrons. The molecule has 0 amide bonds. The van der Waals surface area contributed by atoms with Crippen LogP contribution in [-0.4, -0.2) is 36.2 Å². The molecule has 1 heterocycles. The predicted octanol–water partition coefficient (Wildman–Crippen LogP) is 2.38. The number of hydrogen-bond donors (Lipinski definition) is 1. The number of carboxylic acids is 1. The minimum absolute atomic E-state index is 0.0871. The van der Waals surface area contributed by atoms with Crippen molar-refractivity contribution < 1.29 is 14.6 Å². The molecule has 0 bridgehead atoms. The summed E-state index contributed by atoms with van der Waals surface area (Å²) in [6, 6.07) is 8.10. The van der Waals surface area contributed by atoms with Gasteiger partial charge in [0.25, 0.3) is 0 Å². The molecule has 1 saturated carbocycles. The van der Waals surface area contributed by atoms with Crippen LogP contribution >= 0.6 is 0 Å². The van der Waals surface area contributed by atoms with E-state index in [1.807, 2.05) is 18.2 Å². The minimum atomic E-state index is -0.608. The summed E-state index contributed by atoms with van der Waals surface area (Å²) in [5.74, 6) is 0.238. The average Bonchev–Trinajstić information content (AvgIpc) is 3.17. The van der Waals surface area contributed by atoms with Gasteiger partial charge >= 0.3 is 5.97 Å². The SMILES string of the molecule is COc1ccccc1CN1CCC2(CC1)CC2C(=O)O. The van der Waals surface area contributed by atoms with Gasteiger partial charge in [-0.3, -0.25) is 9.69 Å². The molecule has 3 rings (SSSR count). The summed E-state index contributed by atoms with van der Waals surface area (Å²) in [6.07, 6.45) is 2.91. The van der Waals surface area contributed by atoms with Gasteiger partial charge in [0, 0.05) is 12.1 Å². The average molecular weight is 275 g/mol. The second kappa shape index (κ2) is 5.09. The molecular weight excluding hydrogens is 254 g/mol. The van der Waals surface area contributed by atoms with E-state index in [0.717, 1.165) is 44.6 Å². The lowest BCUT2D eigenvalue weighted by atomic mass is 9.90. The van der Waals surface area contributed by atoms with Crippen molar-refractivity contribution in [3.05, 3.63) is 29.8 Å². The zero-order valence-electron chi connectivity index (χ0n) is 11.8. The van der Waals surface area contributed by atoms with E-state index in [1.165, 1.54) is 5.56 Å². The van der Waals surface area contributed by atoms with Crippen molar-refractivity contribution in [3.8, 4) is 5.75 Å². The Kier molecular flexibility index (Phi) is 3.42. The van der Waals surface area contributed by atoms with Crippen LogP contribution in [0.4, 0.5) is 0 Å². The zero-order chi connectivity index (χ0) is 14.2. The fourth-order valence-corrected chi connectivity index (χ4v) is 3.48. The van der Waals surface area contributed by atoms with Crippen LogP contribution < -0.4 is 4.74 Å². The van der Waals surface area contributed by atoms with Gasteiger partial charge in [-0.15, -0.1) is 0 Å². The highest BCUT2D eigenvalue weighted by molar-refractivity contribution is 5.74. The summed E-state index contributed by atoms with van der Waals surface area (Å²) in [7, 11) is 1.70. The summed E-state index contributed by atoms with van der Waals surface area (Å²) in [4.78, 5) is 13.5. The van der Waals surface area contributed by atoms with Crippen LogP contribution in [0.1, 0.15) is 24.8 Å². The van der Waals surface area contributed by atoms with Crippen molar-refractivity contribution >= 4 is 5.97 Å². The Morgan fingerprint density at radius 2 is 2.10 bits per heavy atom. The summed E-state index contributed by atoms with van der Waals surface area (Å²) in [6.45, 7) is 2.86. The molecule has 2 fully saturated rings. The summed E-state index contributed by atoms with van der Waals surface area (Å²) >= 11 is 0. The first-order valence-corrected chi connectivity index (χ1v) is 7.22. The molecule has 0 aromatic heterocycles. The van der Waals surface area contributed by atoms with E-state index in [-0.39, 0.29) is 11.3 Å². The summed E-state index contributed by atoms with van der Waals surface area (Å²) in [5, 5.41) is 9.11. The molecule has 2 aliphatic rings. The molecule has 0 radical (unpaired) electrons. The lowest BCUT2D eigenvalue weighted by Gasteiger charge is -2.32. The van der Waals surface area contributed by atoms with Crippen LogP contribution in [0.3, 0.4) is 0 Å². The van der Waals surface area contributed by atoms with Crippen molar-refractivity contribution in [2.45, 2.75) is 25.8 Å². The van der Waals surface area contributed by atoms with Crippen molar-refractivity contribution in [2.24, 2.45) is 11.3 Å². The lowest BCUT2D eigenvalue weighted by molar-refractivity contribution is -0.139. The number of nitrogens with zero attached hydrogens (tertiary/aromatic N) is 1. The van der Waals surface area contributed by atoms with E-state index in [1.54, 1.807) is 7.11 Å². The monoisotopic (exact) mass is 275 g/mol. The predicted molar refractivity (Wildman–Crippen MR) is 75.7 cm³/mol. The Hall–Kier alpha value is -1.55. The molecule has 1 spiro atoms. The van der Waals surface area contributed by atoms with E-state index < -0.39 is 5.97 Å². The molecule has 1 aliphatic carbocycles. The highest BCUT2D eigenvalue weighted by Gasteiger charge is 2.58. The smallest absolute Gasteiger partial charge is 0.307 e. The molecule has 1 aromatic carbocycles. The number of aliphatic carboxylic acids is 1. The van der Waals surface area contributed by atoms with Crippen molar-refractivity contribution in [3.63, 3.8) is 0 Å². The Bertz CT molecular complexity index is 506. The standard InChI is InChI=1S/C16H21NO3/c1-20-14-5-3-2-4-12(14)11-17-8-6-16(7-9-17)10-13(16)15(18)19/h2-5,13H,6-11H2,1H3,(H,18,19). The molecule has 4 nitrogen and oxygen atoms in total. The van der Waals surface area contributed by atoms with Gasteiger partial charge in [0.15, 0.2) is 0 Å². The van der Waals surface area contributed by atoms with E-state index in [4.69, 9.17) is 9.84 Å². The van der Waals surface area contributed by atoms with Gasteiger partial charge in [0.05, 0.1) is 13.0 Å². The van der Waals surface area contributed by atoms with Crippen LogP contribution in [0, 0.1) is 11.3 Å². The van der Waals surface area contributed by atoms with Gasteiger partial charge in [-0.25, -0.2) is 0 Å². The minimum Gasteiger partial charge on any atom is -0.496 e. The normalized spacial score (nSPS) is 24.6. The molecule has 1 aromatic rings. The fourth-order valence-electron chi connectivity index (χ4n) is 3.48. The molecule has 20 heavy (non-hydrogen) atoms. The third kappa shape index (κ3) is 2.40. The Morgan fingerprint density at radius 1 is 1.40 bits per heavy atom. The molecule has 4 heteroatoms. The van der Waals surface area contributed by atoms with Crippen molar-refractivity contribution in [1.82, 2.24) is 4.90 Å². The largest absolute Gasteiger partial charge is 0.496 e. The number of para-hydroxylation sites is 1. The van der Waals surface area contributed by atoms with Crippen molar-refractivity contribution in [2.75, 3.05) is 20.2 Å². The topological polar surface area (TPSA) is 49.8 Å². The third-order valence-corrected chi connectivity index (χ3v) is 4.93. The molecule has 1 aliphatic heterocycles. The van der Waals surface area contributed by atoms with Gasteiger partial charge in [0.1, 0.15) is 5.75 Å². The van der Waals surface area contributed by atoms with E-state index >= 15 is 0 Å². The number of hydrogen-bond acceptors (Lipinski definition) is 3. The number of benzene rings is 1. The maximum Gasteiger partial charge on any atom is 0.307 e. The molecule has 1 saturated heterocycles. The highest BCUT2D eigenvalue weighted by Crippen LogP contribution is 2.59. The maximum absolute atomic E-state index is 11.1. The van der Waals surface area contributed by atoms with Crippen LogP contribution in [0.5, 0.6) is 5.75 Å². The van der Waals surface area contributed by atoms with Gasteiger partial charge < -0.3 is 9.84 Å². The van der Waals surface area contributed by atoms with Crippen LogP contribution in [-0.2, 0) is 11.3 Å². The third-order valence-electron chi connectivity index (χ3n) is 4.93. The van der Waals surface area contributed by atoms with E-state index in [0.29, 0.717) is 0 Å². The number of likely N-dealkylation sites (tertiary alicyclic amines) is 1. The van der Waals surface area contributed by atoms with E-state index in [2.05, 4.69) is 11.0 Å². The number of carboxylic acid groups (broad SMARTS) is 1. The Morgan fingerprint density at radius 3 is 2.70 bits per heavy atom. The Balaban J connectivity index is 1.58. The zero-order valence-corrected chi connectivity index (χ0v) is 11.8. The van der Waals surface area contributed by atoms with Gasteiger partial charge in [-0.05, 0) is 43.8 Å². The van der Waals surface area contributed by atoms with Gasteiger partial charge in [-0.1, -0.05) is 18.2 Å². The second-order valence-electron chi connectivity index (χ2n) is 6.05. The van der Waals surface area contributed by atoms with Gasteiger partial charge in [0.2, 0.25) is 0 Å². The maximum atomic E-state index is 11.1. The van der Waals surface area contributed by atoms with Crippen molar-refractivity contribution in [1.29, 1.82) is 0 Å². The quantitative estimate of drug-likeness (QED) is 0.916. The summed E-state index contributed by atoms with van der Waals surface area (Å²) in [5.41, 5.74) is 1.32. The lowest BCUT2D eigenvalue weighted by Crippen LogP contribution is -2.35. The van der Waals surface area contributed by atoms with E-state index in [9.17, 15) is 4.79 Å². The Labute approximate surface area is 119 Å². The second-order valence-corrected chi connectivity index (χ2v) is 6.05. The number of rotatable bonds is 4. The first kappa shape index (κ1) is 13.4. The molecule has 1 unspecified atom stereocenters. The fraction of sp³-hybridized carbons (Fsp3) is 0.562. The molecule has 1 atom stereocenters. The van der Waals surface area contributed by atoms with Gasteiger partial charge in [-0.2, -0.15) is 0 Å². The number of piperidine rings is 1. The first-order chi connectivity index (χ1) is 9.64.